The third kappa shape index (κ3) is 5.09. The van der Waals surface area contributed by atoms with Gasteiger partial charge in [-0.25, -0.2) is 8.42 Å². The molecule has 1 aromatic rings. The molecule has 6 nitrogen and oxygen atoms in total. The van der Waals surface area contributed by atoms with E-state index in [1.165, 1.54) is 0 Å². The van der Waals surface area contributed by atoms with Crippen molar-refractivity contribution in [3.63, 3.8) is 0 Å². The van der Waals surface area contributed by atoms with Crippen molar-refractivity contribution >= 4 is 33.2 Å². The Morgan fingerprint density at radius 2 is 1.96 bits per heavy atom. The summed E-state index contributed by atoms with van der Waals surface area (Å²) in [4.78, 5) is 14.9. The quantitative estimate of drug-likeness (QED) is 0.839. The summed E-state index contributed by atoms with van der Waals surface area (Å²) >= 11 is 6.04. The maximum Gasteiger partial charge on any atom is 0.243 e. The zero-order valence-electron chi connectivity index (χ0n) is 15.1. The van der Waals surface area contributed by atoms with E-state index in [-0.39, 0.29) is 11.9 Å². The number of hydrogen-bond donors (Lipinski definition) is 1. The Morgan fingerprint density at radius 3 is 2.52 bits per heavy atom. The highest BCUT2D eigenvalue weighted by Gasteiger charge is 2.31. The Kier molecular flexibility index (Phi) is 6.35. The number of aryl methyl sites for hydroxylation is 1. The Hall–Kier alpha value is -1.31. The molecule has 1 aromatic carbocycles. The topological polar surface area (TPSA) is 69.7 Å². The van der Waals surface area contributed by atoms with Gasteiger partial charge >= 0.3 is 0 Å². The van der Waals surface area contributed by atoms with E-state index in [9.17, 15) is 13.2 Å². The first-order valence-corrected chi connectivity index (χ1v) is 10.6. The fourth-order valence-corrected chi connectivity index (χ4v) is 4.47. The number of benzene rings is 1. The lowest BCUT2D eigenvalue weighted by atomic mass is 10.1. The highest BCUT2D eigenvalue weighted by atomic mass is 35.5. The standard InChI is InChI=1S/C17H26ClN3O3S/c1-12-5-6-14(18)11-16(12)21(25(4,23)24)13(2)17(22)19-15-7-9-20(3)10-8-15/h5-6,11,13,15H,7-10H2,1-4H3,(H,19,22)/t13-/m1/s1. The van der Waals surface area contributed by atoms with Crippen LogP contribution in [0.15, 0.2) is 18.2 Å². The second-order valence-corrected chi connectivity index (χ2v) is 9.05. The molecule has 2 rings (SSSR count). The van der Waals surface area contributed by atoms with E-state index in [0.717, 1.165) is 42.1 Å². The van der Waals surface area contributed by atoms with Gasteiger partial charge in [0.15, 0.2) is 0 Å². The second kappa shape index (κ2) is 7.93. The van der Waals surface area contributed by atoms with Crippen LogP contribution in [-0.4, -0.2) is 57.7 Å². The number of halogens is 1. The molecule has 0 aliphatic carbocycles. The molecule has 0 spiro atoms. The smallest absolute Gasteiger partial charge is 0.243 e. The molecule has 140 valence electrons. The number of anilines is 1. The van der Waals surface area contributed by atoms with Gasteiger partial charge in [-0.1, -0.05) is 17.7 Å². The molecular weight excluding hydrogens is 362 g/mol. The highest BCUT2D eigenvalue weighted by molar-refractivity contribution is 7.92. The van der Waals surface area contributed by atoms with Gasteiger partial charge in [-0.3, -0.25) is 9.10 Å². The van der Waals surface area contributed by atoms with Gasteiger partial charge in [-0.15, -0.1) is 0 Å². The third-order valence-corrected chi connectivity index (χ3v) is 6.02. The van der Waals surface area contributed by atoms with Crippen LogP contribution in [0.25, 0.3) is 0 Å². The van der Waals surface area contributed by atoms with Crippen molar-refractivity contribution in [2.24, 2.45) is 0 Å². The Balaban J connectivity index is 2.23. The maximum absolute atomic E-state index is 12.7. The average Bonchev–Trinajstić information content (AvgIpc) is 2.51. The summed E-state index contributed by atoms with van der Waals surface area (Å²) in [5.41, 5.74) is 1.18. The number of nitrogens with one attached hydrogen (secondary N) is 1. The van der Waals surface area contributed by atoms with Crippen molar-refractivity contribution in [1.82, 2.24) is 10.2 Å². The minimum atomic E-state index is -3.65. The molecule has 1 aliphatic heterocycles. The number of likely N-dealkylation sites (tertiary alicyclic amines) is 1. The van der Waals surface area contributed by atoms with Crippen molar-refractivity contribution in [3.8, 4) is 0 Å². The molecule has 1 aliphatic rings. The molecule has 8 heteroatoms. The first-order valence-electron chi connectivity index (χ1n) is 8.34. The Bertz CT molecular complexity index is 731. The van der Waals surface area contributed by atoms with Gasteiger partial charge in [-0.2, -0.15) is 0 Å². The van der Waals surface area contributed by atoms with E-state index in [0.29, 0.717) is 10.7 Å². The summed E-state index contributed by atoms with van der Waals surface area (Å²) in [6.45, 7) is 5.24. The van der Waals surface area contributed by atoms with Crippen LogP contribution in [0.1, 0.15) is 25.3 Å². The number of nitrogens with zero attached hydrogens (tertiary/aromatic N) is 2. The summed E-state index contributed by atoms with van der Waals surface area (Å²) in [6.07, 6.45) is 2.83. The van der Waals surface area contributed by atoms with Gasteiger partial charge in [-0.05, 0) is 64.5 Å². The first-order chi connectivity index (χ1) is 11.6. The van der Waals surface area contributed by atoms with Gasteiger partial charge in [0.1, 0.15) is 6.04 Å². The van der Waals surface area contributed by atoms with Crippen molar-refractivity contribution in [2.45, 2.75) is 38.8 Å². The number of carbonyl (C=O) groups excluding carboxylic acids is 1. The number of amides is 1. The lowest BCUT2D eigenvalue weighted by Crippen LogP contribution is -2.52. The van der Waals surface area contributed by atoms with E-state index in [1.54, 1.807) is 32.0 Å². The molecule has 0 radical (unpaired) electrons. The lowest BCUT2D eigenvalue weighted by molar-refractivity contribution is -0.122. The van der Waals surface area contributed by atoms with Crippen LogP contribution in [0.4, 0.5) is 5.69 Å². The number of carbonyl (C=O) groups is 1. The van der Waals surface area contributed by atoms with Crippen molar-refractivity contribution < 1.29 is 13.2 Å². The third-order valence-electron chi connectivity index (χ3n) is 4.56. The number of hydrogen-bond acceptors (Lipinski definition) is 4. The maximum atomic E-state index is 12.7. The molecule has 1 fully saturated rings. The van der Waals surface area contributed by atoms with Crippen LogP contribution >= 0.6 is 11.6 Å². The number of sulfonamides is 1. The normalized spacial score (nSPS) is 18.0. The fourth-order valence-electron chi connectivity index (χ4n) is 3.08. The predicted octanol–water partition coefficient (Wildman–Crippen LogP) is 2.01. The number of piperidine rings is 1. The van der Waals surface area contributed by atoms with Gasteiger partial charge in [0.2, 0.25) is 15.9 Å². The van der Waals surface area contributed by atoms with Crippen LogP contribution in [0.3, 0.4) is 0 Å². The summed E-state index contributed by atoms with van der Waals surface area (Å²) < 4.78 is 25.9. The predicted molar refractivity (Wildman–Crippen MR) is 102 cm³/mol. The van der Waals surface area contributed by atoms with Gasteiger partial charge in [0, 0.05) is 11.1 Å². The van der Waals surface area contributed by atoms with Gasteiger partial charge in [0.25, 0.3) is 0 Å². The zero-order chi connectivity index (χ0) is 18.8. The van der Waals surface area contributed by atoms with E-state index in [1.807, 2.05) is 7.05 Å². The van der Waals surface area contributed by atoms with E-state index in [2.05, 4.69) is 10.2 Å². The monoisotopic (exact) mass is 387 g/mol. The summed E-state index contributed by atoms with van der Waals surface area (Å²) in [6, 6.07) is 4.25. The Morgan fingerprint density at radius 1 is 1.36 bits per heavy atom. The molecular formula is C17H26ClN3O3S. The molecule has 1 N–H and O–H groups in total. The van der Waals surface area contributed by atoms with Crippen LogP contribution in [0, 0.1) is 6.92 Å². The second-order valence-electron chi connectivity index (χ2n) is 6.75. The first kappa shape index (κ1) is 20.0. The molecule has 25 heavy (non-hydrogen) atoms. The van der Waals surface area contributed by atoms with Crippen LogP contribution in [0.5, 0.6) is 0 Å². The van der Waals surface area contributed by atoms with Crippen molar-refractivity contribution in [2.75, 3.05) is 30.7 Å². The molecule has 1 saturated heterocycles. The fraction of sp³-hybridized carbons (Fsp3) is 0.588. The van der Waals surface area contributed by atoms with Crippen molar-refractivity contribution in [1.29, 1.82) is 0 Å². The highest BCUT2D eigenvalue weighted by Crippen LogP contribution is 2.28. The summed E-state index contributed by atoms with van der Waals surface area (Å²) in [7, 11) is -1.60. The molecule has 1 heterocycles. The van der Waals surface area contributed by atoms with E-state index >= 15 is 0 Å². The largest absolute Gasteiger partial charge is 0.351 e. The molecule has 0 aromatic heterocycles. The molecule has 0 saturated carbocycles. The average molecular weight is 388 g/mol. The van der Waals surface area contributed by atoms with Crippen molar-refractivity contribution in [3.05, 3.63) is 28.8 Å². The molecule has 1 amide bonds. The SMILES string of the molecule is Cc1ccc(Cl)cc1N([C@H](C)C(=O)NC1CCN(C)CC1)S(C)(=O)=O. The van der Waals surface area contributed by atoms with Crippen LogP contribution in [-0.2, 0) is 14.8 Å². The molecule has 1 atom stereocenters. The number of rotatable bonds is 5. The minimum Gasteiger partial charge on any atom is -0.351 e. The minimum absolute atomic E-state index is 0.0769. The van der Waals surface area contributed by atoms with Gasteiger partial charge < -0.3 is 10.2 Å². The van der Waals surface area contributed by atoms with Crippen LogP contribution < -0.4 is 9.62 Å². The molecule has 0 bridgehead atoms. The zero-order valence-corrected chi connectivity index (χ0v) is 16.7. The summed E-state index contributed by atoms with van der Waals surface area (Å²) in [5.74, 6) is -0.292. The van der Waals surface area contributed by atoms with Gasteiger partial charge in [0.05, 0.1) is 11.9 Å². The summed E-state index contributed by atoms with van der Waals surface area (Å²) in [5, 5.41) is 3.42. The molecule has 0 unspecified atom stereocenters. The van der Waals surface area contributed by atoms with Crippen LogP contribution in [0.2, 0.25) is 5.02 Å². The lowest BCUT2D eigenvalue weighted by Gasteiger charge is -2.33. The van der Waals surface area contributed by atoms with E-state index in [4.69, 9.17) is 11.6 Å². The van der Waals surface area contributed by atoms with E-state index < -0.39 is 16.1 Å². The Labute approximate surface area is 155 Å².